The lowest BCUT2D eigenvalue weighted by molar-refractivity contribution is -0.150. The van der Waals surface area contributed by atoms with Crippen LogP contribution in [0.5, 0.6) is 0 Å². The van der Waals surface area contributed by atoms with Gasteiger partial charge in [-0.1, -0.05) is 18.2 Å². The second-order valence-electron chi connectivity index (χ2n) is 7.25. The van der Waals surface area contributed by atoms with E-state index in [1.54, 1.807) is 38.2 Å². The first-order valence-electron chi connectivity index (χ1n) is 9.53. The first-order valence-corrected chi connectivity index (χ1v) is 11.3. The summed E-state index contributed by atoms with van der Waals surface area (Å²) in [5.74, 6) is -0.861. The maximum Gasteiger partial charge on any atom is 0.354 e. The van der Waals surface area contributed by atoms with Gasteiger partial charge in [-0.25, -0.2) is 18.2 Å². The quantitative estimate of drug-likeness (QED) is 0.491. The summed E-state index contributed by atoms with van der Waals surface area (Å²) in [7, 11) is 0.247. The van der Waals surface area contributed by atoms with E-state index in [2.05, 4.69) is 5.10 Å². The molecule has 1 aromatic carbocycles. The molecule has 0 N–H and O–H groups in total. The molecule has 1 aromatic rings. The highest BCUT2D eigenvalue weighted by molar-refractivity contribution is 7.91. The van der Waals surface area contributed by atoms with Gasteiger partial charge in [0.05, 0.1) is 29.8 Å². The molecule has 2 aliphatic heterocycles. The van der Waals surface area contributed by atoms with Gasteiger partial charge in [0.1, 0.15) is 11.8 Å². The van der Waals surface area contributed by atoms with Crippen molar-refractivity contribution in [3.63, 3.8) is 0 Å². The van der Waals surface area contributed by atoms with Crippen molar-refractivity contribution in [2.75, 3.05) is 37.2 Å². The van der Waals surface area contributed by atoms with E-state index in [1.165, 1.54) is 10.0 Å². The van der Waals surface area contributed by atoms with Gasteiger partial charge in [0, 0.05) is 20.5 Å². The van der Waals surface area contributed by atoms with Gasteiger partial charge in [0.15, 0.2) is 9.84 Å². The van der Waals surface area contributed by atoms with Gasteiger partial charge < -0.3 is 4.74 Å². The lowest BCUT2D eigenvalue weighted by atomic mass is 10.1. The summed E-state index contributed by atoms with van der Waals surface area (Å²) in [6.07, 6.45) is 0.478. The molecular weight excluding hydrogens is 396 g/mol. The lowest BCUT2D eigenvalue weighted by Crippen LogP contribution is -2.55. The Hall–Kier alpha value is -2.46. The van der Waals surface area contributed by atoms with E-state index in [4.69, 9.17) is 4.74 Å². The number of hydrazine groups is 1. The van der Waals surface area contributed by atoms with Gasteiger partial charge in [0.25, 0.3) is 5.91 Å². The van der Waals surface area contributed by atoms with Gasteiger partial charge >= 0.3 is 5.97 Å². The fourth-order valence-electron chi connectivity index (χ4n) is 3.68. The van der Waals surface area contributed by atoms with Crippen LogP contribution < -0.4 is 5.01 Å². The predicted molar refractivity (Wildman–Crippen MR) is 109 cm³/mol. The summed E-state index contributed by atoms with van der Waals surface area (Å²) < 4.78 is 29.0. The monoisotopic (exact) mass is 422 g/mol. The maximum atomic E-state index is 13.5. The van der Waals surface area contributed by atoms with Crippen molar-refractivity contribution in [3.8, 4) is 0 Å². The molecule has 9 nitrogen and oxygen atoms in total. The number of benzene rings is 1. The van der Waals surface area contributed by atoms with Crippen molar-refractivity contribution in [2.45, 2.75) is 31.8 Å². The molecule has 1 saturated heterocycles. The van der Waals surface area contributed by atoms with Gasteiger partial charge in [-0.3, -0.25) is 14.8 Å². The van der Waals surface area contributed by atoms with E-state index < -0.39 is 27.9 Å². The first kappa shape index (κ1) is 21.3. The number of hydrazone groups is 1. The fraction of sp³-hybridized carbons (Fsp3) is 0.526. The Bertz CT molecular complexity index is 900. The van der Waals surface area contributed by atoms with E-state index in [-0.39, 0.29) is 36.2 Å². The minimum absolute atomic E-state index is 0.0624. The molecule has 0 saturated carbocycles. The average molecular weight is 423 g/mol. The number of nitrogens with zero attached hydrogens (tertiary/aromatic N) is 4. The number of esters is 1. The Morgan fingerprint density at radius 3 is 2.48 bits per heavy atom. The molecule has 2 unspecified atom stereocenters. The van der Waals surface area contributed by atoms with Crippen molar-refractivity contribution in [1.29, 1.82) is 0 Å². The topological polar surface area (TPSA) is 99.6 Å². The maximum absolute atomic E-state index is 13.5. The summed E-state index contributed by atoms with van der Waals surface area (Å²) in [6.45, 7) is 1.92. The number of sulfone groups is 1. The summed E-state index contributed by atoms with van der Waals surface area (Å²) in [5, 5.41) is 8.98. The third kappa shape index (κ3) is 4.59. The van der Waals surface area contributed by atoms with Gasteiger partial charge in [0.2, 0.25) is 0 Å². The normalized spacial score (nSPS) is 23.2. The van der Waals surface area contributed by atoms with E-state index in [0.717, 1.165) is 0 Å². The Morgan fingerprint density at radius 2 is 1.93 bits per heavy atom. The van der Waals surface area contributed by atoms with Crippen LogP contribution >= 0.6 is 0 Å². The van der Waals surface area contributed by atoms with Crippen molar-refractivity contribution in [2.24, 2.45) is 5.10 Å². The van der Waals surface area contributed by atoms with Crippen molar-refractivity contribution in [1.82, 2.24) is 10.0 Å². The van der Waals surface area contributed by atoms with Crippen LogP contribution in [0.4, 0.5) is 5.69 Å². The van der Waals surface area contributed by atoms with E-state index in [9.17, 15) is 18.0 Å². The second-order valence-corrected chi connectivity index (χ2v) is 9.48. The molecule has 1 fully saturated rings. The van der Waals surface area contributed by atoms with Crippen LogP contribution in [0.25, 0.3) is 0 Å². The standard InChI is InChI=1S/C19H26N4O5S/c1-4-28-19(25)16-12-17(22(20-16)14-8-6-5-7-9-14)18(24)23(21(2)3)15-10-11-29(26,27)13-15/h5-9,15,17H,4,10-13H2,1-3H3. The molecule has 2 atom stereocenters. The molecule has 0 aromatic heterocycles. The summed E-state index contributed by atoms with van der Waals surface area (Å²) in [5.41, 5.74) is 0.842. The third-order valence-electron chi connectivity index (χ3n) is 4.94. The number of carbonyl (C=O) groups excluding carboxylic acids is 2. The minimum Gasteiger partial charge on any atom is -0.461 e. The average Bonchev–Trinajstić information content (AvgIpc) is 3.26. The Kier molecular flexibility index (Phi) is 6.23. The van der Waals surface area contributed by atoms with Crippen molar-refractivity contribution < 1.29 is 22.7 Å². The van der Waals surface area contributed by atoms with E-state index in [0.29, 0.717) is 12.1 Å². The second kappa shape index (κ2) is 8.50. The van der Waals surface area contributed by atoms with Gasteiger partial charge in [-0.05, 0) is 25.5 Å². The number of para-hydroxylation sites is 1. The van der Waals surface area contributed by atoms with Crippen LogP contribution in [0.3, 0.4) is 0 Å². The number of ether oxygens (including phenoxy) is 1. The lowest BCUT2D eigenvalue weighted by Gasteiger charge is -2.37. The summed E-state index contributed by atoms with van der Waals surface area (Å²) >= 11 is 0. The predicted octanol–water partition coefficient (Wildman–Crippen LogP) is 0.677. The van der Waals surface area contributed by atoms with Crippen LogP contribution in [0.1, 0.15) is 19.8 Å². The molecule has 29 heavy (non-hydrogen) atoms. The molecule has 10 heteroatoms. The number of hydrogen-bond acceptors (Lipinski definition) is 8. The summed E-state index contributed by atoms with van der Waals surface area (Å²) in [4.78, 5) is 25.8. The van der Waals surface area contributed by atoms with E-state index in [1.807, 2.05) is 18.2 Å². The molecule has 158 valence electrons. The number of hydrogen-bond donors (Lipinski definition) is 0. The molecule has 0 spiro atoms. The van der Waals surface area contributed by atoms with E-state index >= 15 is 0 Å². The first-order chi connectivity index (χ1) is 13.7. The highest BCUT2D eigenvalue weighted by Gasteiger charge is 2.43. The smallest absolute Gasteiger partial charge is 0.354 e. The number of rotatable bonds is 6. The Balaban J connectivity index is 1.91. The number of anilines is 1. The number of carbonyl (C=O) groups is 2. The highest BCUT2D eigenvalue weighted by Crippen LogP contribution is 2.28. The zero-order chi connectivity index (χ0) is 21.2. The molecule has 2 aliphatic rings. The largest absolute Gasteiger partial charge is 0.461 e. The van der Waals surface area contributed by atoms with Crippen LogP contribution in [0, 0.1) is 0 Å². The van der Waals surface area contributed by atoms with Gasteiger partial charge in [-0.2, -0.15) is 5.10 Å². The zero-order valence-electron chi connectivity index (χ0n) is 16.8. The molecule has 1 amide bonds. The summed E-state index contributed by atoms with van der Waals surface area (Å²) in [6, 6.07) is 7.90. The SMILES string of the molecule is CCOC(=O)C1=NN(c2ccccc2)C(C(=O)N(C2CCS(=O)(=O)C2)N(C)C)C1. The molecule has 3 rings (SSSR count). The Labute approximate surface area is 170 Å². The third-order valence-corrected chi connectivity index (χ3v) is 6.69. The highest BCUT2D eigenvalue weighted by atomic mass is 32.2. The van der Waals surface area contributed by atoms with Crippen LogP contribution in [-0.2, 0) is 24.2 Å². The molecule has 0 radical (unpaired) electrons. The zero-order valence-corrected chi connectivity index (χ0v) is 17.6. The van der Waals surface area contributed by atoms with Crippen molar-refractivity contribution >= 4 is 33.1 Å². The molecule has 0 aliphatic carbocycles. The van der Waals surface area contributed by atoms with Crippen molar-refractivity contribution in [3.05, 3.63) is 30.3 Å². The minimum atomic E-state index is -3.17. The molecule has 0 bridgehead atoms. The van der Waals surface area contributed by atoms with Gasteiger partial charge in [-0.15, -0.1) is 0 Å². The fourth-order valence-corrected chi connectivity index (χ4v) is 5.38. The van der Waals surface area contributed by atoms with Crippen LogP contribution in [0.15, 0.2) is 35.4 Å². The van der Waals surface area contributed by atoms with Crippen LogP contribution in [0.2, 0.25) is 0 Å². The number of amides is 1. The molecule has 2 heterocycles. The van der Waals surface area contributed by atoms with Crippen LogP contribution in [-0.4, -0.2) is 80.3 Å². The molecular formula is C19H26N4O5S. The Morgan fingerprint density at radius 1 is 1.24 bits per heavy atom.